The third-order valence-corrected chi connectivity index (χ3v) is 3.30. The smallest absolute Gasteiger partial charge is 0.203 e. The second kappa shape index (κ2) is 3.57. The van der Waals surface area contributed by atoms with Crippen molar-refractivity contribution in [1.82, 2.24) is 9.97 Å². The van der Waals surface area contributed by atoms with E-state index in [4.69, 9.17) is 0 Å². The fourth-order valence-corrected chi connectivity index (χ4v) is 2.31. The second-order valence-electron chi connectivity index (χ2n) is 3.44. The zero-order chi connectivity index (χ0) is 11.0. The molecule has 78 valence electrons. The van der Waals surface area contributed by atoms with E-state index in [2.05, 4.69) is 9.97 Å². The Labute approximate surface area is 95.8 Å². The number of imidazole rings is 1. The lowest BCUT2D eigenvalue weighted by molar-refractivity contribution is 0.104. The van der Waals surface area contributed by atoms with Gasteiger partial charge in [0.05, 0.1) is 22.2 Å². The number of fused-ring (bicyclic) bond motifs is 1. The van der Waals surface area contributed by atoms with Crippen LogP contribution in [0, 0.1) is 0 Å². The molecule has 0 aliphatic rings. The normalized spacial score (nSPS) is 10.8. The van der Waals surface area contributed by atoms with Gasteiger partial charge in [0.1, 0.15) is 0 Å². The van der Waals surface area contributed by atoms with E-state index in [1.807, 2.05) is 35.7 Å². The van der Waals surface area contributed by atoms with Gasteiger partial charge in [-0.25, -0.2) is 4.98 Å². The second-order valence-corrected chi connectivity index (χ2v) is 4.39. The summed E-state index contributed by atoms with van der Waals surface area (Å²) in [7, 11) is 0. The summed E-state index contributed by atoms with van der Waals surface area (Å²) in [6, 6.07) is 9.22. The summed E-state index contributed by atoms with van der Waals surface area (Å²) in [4.78, 5) is 19.9. The van der Waals surface area contributed by atoms with Crippen molar-refractivity contribution < 1.29 is 4.79 Å². The first kappa shape index (κ1) is 9.30. The molecule has 1 N–H and O–H groups in total. The summed E-state index contributed by atoms with van der Waals surface area (Å²) in [6.07, 6.45) is 1.63. The molecule has 1 aromatic carbocycles. The summed E-state index contributed by atoms with van der Waals surface area (Å²) in [5, 5.41) is 1.90. The third kappa shape index (κ3) is 1.44. The highest BCUT2D eigenvalue weighted by Crippen LogP contribution is 2.18. The van der Waals surface area contributed by atoms with Crippen molar-refractivity contribution >= 4 is 28.2 Å². The average molecular weight is 228 g/mol. The van der Waals surface area contributed by atoms with Gasteiger partial charge in [-0.05, 0) is 29.6 Å². The molecule has 4 heteroatoms. The van der Waals surface area contributed by atoms with Crippen molar-refractivity contribution in [2.24, 2.45) is 0 Å². The minimum Gasteiger partial charge on any atom is -0.345 e. The Morgan fingerprint density at radius 1 is 1.31 bits per heavy atom. The van der Waals surface area contributed by atoms with Gasteiger partial charge in [-0.1, -0.05) is 6.07 Å². The number of hydrogen-bond acceptors (Lipinski definition) is 3. The lowest BCUT2D eigenvalue weighted by Gasteiger charge is -1.97. The molecular weight excluding hydrogens is 220 g/mol. The predicted octanol–water partition coefficient (Wildman–Crippen LogP) is 2.86. The molecular formula is C12H8N2OS. The van der Waals surface area contributed by atoms with Crippen LogP contribution in [0.2, 0.25) is 0 Å². The monoisotopic (exact) mass is 228 g/mol. The highest BCUT2D eigenvalue weighted by molar-refractivity contribution is 7.12. The number of H-pyrrole nitrogens is 1. The Hall–Kier alpha value is -1.94. The molecule has 0 atom stereocenters. The molecule has 0 spiro atoms. The molecule has 2 aromatic heterocycles. The summed E-state index contributed by atoms with van der Waals surface area (Å²) in [6.45, 7) is 0. The maximum Gasteiger partial charge on any atom is 0.203 e. The van der Waals surface area contributed by atoms with Gasteiger partial charge < -0.3 is 4.98 Å². The molecule has 0 fully saturated rings. The van der Waals surface area contributed by atoms with E-state index in [1.165, 1.54) is 11.3 Å². The van der Waals surface area contributed by atoms with Crippen LogP contribution in [0.5, 0.6) is 0 Å². The number of ketones is 1. The molecule has 0 radical (unpaired) electrons. The number of rotatable bonds is 2. The van der Waals surface area contributed by atoms with Gasteiger partial charge >= 0.3 is 0 Å². The van der Waals surface area contributed by atoms with Crippen molar-refractivity contribution in [3.05, 3.63) is 52.5 Å². The standard InChI is InChI=1S/C12H8N2OS/c15-12(11-2-1-5-16-11)8-3-4-9-10(6-8)14-7-13-9/h1-7H,(H,13,14). The van der Waals surface area contributed by atoms with Gasteiger partial charge in [-0.2, -0.15) is 0 Å². The van der Waals surface area contributed by atoms with Gasteiger partial charge in [0.15, 0.2) is 0 Å². The molecule has 0 aliphatic heterocycles. The van der Waals surface area contributed by atoms with Gasteiger partial charge in [-0.15, -0.1) is 11.3 Å². The number of carbonyl (C=O) groups is 1. The van der Waals surface area contributed by atoms with E-state index in [-0.39, 0.29) is 5.78 Å². The number of aromatic amines is 1. The summed E-state index contributed by atoms with van der Waals surface area (Å²) in [5.74, 6) is 0.0616. The van der Waals surface area contributed by atoms with E-state index < -0.39 is 0 Å². The van der Waals surface area contributed by atoms with Crippen LogP contribution in [0.25, 0.3) is 11.0 Å². The SMILES string of the molecule is O=C(c1ccc2nc[nH]c2c1)c1cccs1. The van der Waals surface area contributed by atoms with Crippen molar-refractivity contribution in [2.45, 2.75) is 0 Å². The Morgan fingerprint density at radius 3 is 3.06 bits per heavy atom. The first-order valence-electron chi connectivity index (χ1n) is 4.86. The van der Waals surface area contributed by atoms with E-state index in [1.54, 1.807) is 6.33 Å². The van der Waals surface area contributed by atoms with Gasteiger partial charge in [0, 0.05) is 5.56 Å². The van der Waals surface area contributed by atoms with Crippen LogP contribution in [-0.2, 0) is 0 Å². The van der Waals surface area contributed by atoms with E-state index in [0.29, 0.717) is 5.56 Å². The minimum atomic E-state index is 0.0616. The summed E-state index contributed by atoms with van der Waals surface area (Å²) >= 11 is 1.46. The maximum absolute atomic E-state index is 12.0. The molecule has 0 aliphatic carbocycles. The minimum absolute atomic E-state index is 0.0616. The largest absolute Gasteiger partial charge is 0.345 e. The molecule has 0 saturated heterocycles. The number of thiophene rings is 1. The number of aromatic nitrogens is 2. The van der Waals surface area contributed by atoms with Crippen LogP contribution in [0.1, 0.15) is 15.2 Å². The Kier molecular flexibility index (Phi) is 2.08. The van der Waals surface area contributed by atoms with E-state index >= 15 is 0 Å². The molecule has 0 saturated carbocycles. The highest BCUT2D eigenvalue weighted by atomic mass is 32.1. The molecule has 2 heterocycles. The number of carbonyl (C=O) groups excluding carboxylic acids is 1. The van der Waals surface area contributed by atoms with Crippen LogP contribution in [0.15, 0.2) is 42.0 Å². The fourth-order valence-electron chi connectivity index (χ4n) is 1.63. The third-order valence-electron chi connectivity index (χ3n) is 2.43. The molecule has 0 amide bonds. The lowest BCUT2D eigenvalue weighted by atomic mass is 10.1. The van der Waals surface area contributed by atoms with Crippen molar-refractivity contribution in [1.29, 1.82) is 0 Å². The average Bonchev–Trinajstić information content (AvgIpc) is 2.98. The van der Waals surface area contributed by atoms with Crippen molar-refractivity contribution in [3.63, 3.8) is 0 Å². The first-order chi connectivity index (χ1) is 7.84. The molecule has 3 aromatic rings. The summed E-state index contributed by atoms with van der Waals surface area (Å²) in [5.41, 5.74) is 2.46. The molecule has 3 rings (SSSR count). The number of benzene rings is 1. The van der Waals surface area contributed by atoms with Crippen molar-refractivity contribution in [3.8, 4) is 0 Å². The Bertz CT molecular complexity index is 640. The van der Waals surface area contributed by atoms with Crippen LogP contribution in [0.4, 0.5) is 0 Å². The molecule has 3 nitrogen and oxygen atoms in total. The van der Waals surface area contributed by atoms with Gasteiger partial charge in [0.2, 0.25) is 5.78 Å². The van der Waals surface area contributed by atoms with Gasteiger partial charge in [-0.3, -0.25) is 4.79 Å². The Balaban J connectivity index is 2.09. The lowest BCUT2D eigenvalue weighted by Crippen LogP contribution is -1.97. The topological polar surface area (TPSA) is 45.8 Å². The van der Waals surface area contributed by atoms with Crippen molar-refractivity contribution in [2.75, 3.05) is 0 Å². The van der Waals surface area contributed by atoms with Crippen LogP contribution < -0.4 is 0 Å². The fraction of sp³-hybridized carbons (Fsp3) is 0. The Morgan fingerprint density at radius 2 is 2.25 bits per heavy atom. The predicted molar refractivity (Wildman–Crippen MR) is 63.8 cm³/mol. The molecule has 0 unspecified atom stereocenters. The molecule has 16 heavy (non-hydrogen) atoms. The number of nitrogens with zero attached hydrogens (tertiary/aromatic N) is 1. The number of nitrogens with one attached hydrogen (secondary N) is 1. The molecule has 0 bridgehead atoms. The maximum atomic E-state index is 12.0. The quantitative estimate of drug-likeness (QED) is 0.685. The summed E-state index contributed by atoms with van der Waals surface area (Å²) < 4.78 is 0. The van der Waals surface area contributed by atoms with Crippen LogP contribution in [-0.4, -0.2) is 15.8 Å². The first-order valence-corrected chi connectivity index (χ1v) is 5.74. The van der Waals surface area contributed by atoms with Crippen LogP contribution in [0.3, 0.4) is 0 Å². The van der Waals surface area contributed by atoms with E-state index in [0.717, 1.165) is 15.9 Å². The zero-order valence-corrected chi connectivity index (χ0v) is 9.12. The van der Waals surface area contributed by atoms with Gasteiger partial charge in [0.25, 0.3) is 0 Å². The zero-order valence-electron chi connectivity index (χ0n) is 8.31. The van der Waals surface area contributed by atoms with E-state index in [9.17, 15) is 4.79 Å². The van der Waals surface area contributed by atoms with Crippen LogP contribution >= 0.6 is 11.3 Å². The highest BCUT2D eigenvalue weighted by Gasteiger charge is 2.10. The number of hydrogen-bond donors (Lipinski definition) is 1.